The van der Waals surface area contributed by atoms with E-state index in [0.29, 0.717) is 88.4 Å². The van der Waals surface area contributed by atoms with Crippen LogP contribution in [0.3, 0.4) is 0 Å². The van der Waals surface area contributed by atoms with Crippen molar-refractivity contribution in [1.82, 2.24) is 24.3 Å². The second-order valence-corrected chi connectivity index (χ2v) is 12.6. The second-order valence-electron chi connectivity index (χ2n) is 12.6. The van der Waals surface area contributed by atoms with Gasteiger partial charge in [0.1, 0.15) is 12.0 Å². The standard InChI is InChI=1S/C33H39FN6O4/c1-36-17-23-15-22(4-6-27(23)32(36)42)8-12-40-30(9-11-38-10-2-3-31(38)41)35-29-16-25(5-7-28(29)33(40)43)39-13-14-44-26(21-39)20-37-18-24(34)19-37/h4-7,15-16,24,26H,2-3,8-14,17-21H2,1H3/t26-/m1/s1. The fraction of sp³-hybridized carbons (Fsp3) is 0.515. The molecule has 5 heterocycles. The van der Waals surface area contributed by atoms with Gasteiger partial charge in [-0.2, -0.15) is 0 Å². The predicted octanol–water partition coefficient (Wildman–Crippen LogP) is 2.25. The van der Waals surface area contributed by atoms with Gasteiger partial charge in [-0.1, -0.05) is 12.1 Å². The van der Waals surface area contributed by atoms with Gasteiger partial charge in [-0.25, -0.2) is 9.37 Å². The van der Waals surface area contributed by atoms with E-state index in [4.69, 9.17) is 9.72 Å². The number of hydrogen-bond donors (Lipinski definition) is 0. The molecule has 44 heavy (non-hydrogen) atoms. The van der Waals surface area contributed by atoms with E-state index in [0.717, 1.165) is 41.9 Å². The molecule has 10 nitrogen and oxygen atoms in total. The molecule has 0 spiro atoms. The van der Waals surface area contributed by atoms with Crippen molar-refractivity contribution in [2.24, 2.45) is 0 Å². The van der Waals surface area contributed by atoms with E-state index in [-0.39, 0.29) is 23.5 Å². The third-order valence-electron chi connectivity index (χ3n) is 9.45. The number of aryl methyl sites for hydroxylation is 1. The lowest BCUT2D eigenvalue weighted by Gasteiger charge is -2.40. The number of amides is 2. The van der Waals surface area contributed by atoms with Gasteiger partial charge in [0.15, 0.2) is 0 Å². The number of ether oxygens (including phenoxy) is 1. The summed E-state index contributed by atoms with van der Waals surface area (Å²) < 4.78 is 21.1. The van der Waals surface area contributed by atoms with Crippen LogP contribution in [0, 0.1) is 0 Å². The van der Waals surface area contributed by atoms with Crippen molar-refractivity contribution in [2.75, 3.05) is 64.4 Å². The Kier molecular flexibility index (Phi) is 7.84. The monoisotopic (exact) mass is 602 g/mol. The summed E-state index contributed by atoms with van der Waals surface area (Å²) in [5, 5.41) is 0.565. The van der Waals surface area contributed by atoms with E-state index in [1.54, 1.807) is 16.5 Å². The zero-order chi connectivity index (χ0) is 30.4. The maximum atomic E-state index is 14.0. The van der Waals surface area contributed by atoms with Gasteiger partial charge in [0, 0.05) is 90.0 Å². The molecule has 11 heteroatoms. The van der Waals surface area contributed by atoms with Crippen molar-refractivity contribution in [3.8, 4) is 0 Å². The molecule has 3 aromatic rings. The van der Waals surface area contributed by atoms with E-state index in [1.165, 1.54) is 0 Å². The third-order valence-corrected chi connectivity index (χ3v) is 9.45. The fourth-order valence-corrected chi connectivity index (χ4v) is 6.97. The Hall–Kier alpha value is -3.83. The van der Waals surface area contributed by atoms with E-state index in [1.807, 2.05) is 35.2 Å². The predicted molar refractivity (Wildman–Crippen MR) is 165 cm³/mol. The number of halogens is 1. The Morgan fingerprint density at radius 3 is 2.66 bits per heavy atom. The number of alkyl halides is 1. The highest BCUT2D eigenvalue weighted by atomic mass is 19.1. The number of fused-ring (bicyclic) bond motifs is 2. The zero-order valence-electron chi connectivity index (χ0n) is 25.2. The van der Waals surface area contributed by atoms with Crippen molar-refractivity contribution in [2.45, 2.75) is 51.0 Å². The lowest BCUT2D eigenvalue weighted by Crippen LogP contribution is -2.55. The summed E-state index contributed by atoms with van der Waals surface area (Å²) in [5.41, 5.74) is 4.38. The van der Waals surface area contributed by atoms with E-state index >= 15 is 0 Å². The number of carbonyl (C=O) groups is 2. The smallest absolute Gasteiger partial charge is 0.261 e. The molecule has 4 aliphatic rings. The molecule has 0 N–H and O–H groups in total. The summed E-state index contributed by atoms with van der Waals surface area (Å²) in [6, 6.07) is 11.8. The minimum absolute atomic E-state index is 0.000738. The third kappa shape index (κ3) is 5.70. The van der Waals surface area contributed by atoms with Gasteiger partial charge < -0.3 is 19.4 Å². The van der Waals surface area contributed by atoms with Crippen LogP contribution < -0.4 is 10.5 Å². The van der Waals surface area contributed by atoms with E-state index in [2.05, 4.69) is 15.9 Å². The Morgan fingerprint density at radius 1 is 1.00 bits per heavy atom. The van der Waals surface area contributed by atoms with Crippen LogP contribution in [0.2, 0.25) is 0 Å². The van der Waals surface area contributed by atoms with Crippen LogP contribution in [0.25, 0.3) is 10.9 Å². The van der Waals surface area contributed by atoms with Crippen LogP contribution in [0.15, 0.2) is 41.2 Å². The molecule has 2 aromatic carbocycles. The van der Waals surface area contributed by atoms with Gasteiger partial charge in [-0.3, -0.25) is 23.9 Å². The van der Waals surface area contributed by atoms with Gasteiger partial charge in [0.2, 0.25) is 5.91 Å². The molecule has 0 radical (unpaired) electrons. The molecular formula is C33H39FN6O4. The van der Waals surface area contributed by atoms with E-state index < -0.39 is 6.17 Å². The highest BCUT2D eigenvalue weighted by Gasteiger charge is 2.31. The van der Waals surface area contributed by atoms with Crippen LogP contribution >= 0.6 is 0 Å². The van der Waals surface area contributed by atoms with E-state index in [9.17, 15) is 18.8 Å². The number of anilines is 1. The van der Waals surface area contributed by atoms with Crippen molar-refractivity contribution >= 4 is 28.4 Å². The van der Waals surface area contributed by atoms with Crippen LogP contribution in [-0.4, -0.2) is 108 Å². The molecule has 0 bridgehead atoms. The first-order valence-electron chi connectivity index (χ1n) is 15.7. The Labute approximate surface area is 256 Å². The summed E-state index contributed by atoms with van der Waals surface area (Å²) in [6.45, 7) is 6.00. The van der Waals surface area contributed by atoms with Gasteiger partial charge in [0.25, 0.3) is 11.5 Å². The molecule has 2 amide bonds. The molecule has 0 saturated carbocycles. The average Bonchev–Trinajstić information content (AvgIpc) is 3.55. The minimum Gasteiger partial charge on any atom is -0.373 e. The number of aromatic nitrogens is 2. The summed E-state index contributed by atoms with van der Waals surface area (Å²) in [5.74, 6) is 0.869. The Morgan fingerprint density at radius 2 is 1.86 bits per heavy atom. The Balaban J connectivity index is 1.14. The lowest BCUT2D eigenvalue weighted by atomic mass is 10.0. The van der Waals surface area contributed by atoms with Crippen LogP contribution in [0.5, 0.6) is 0 Å². The quantitative estimate of drug-likeness (QED) is 0.371. The van der Waals surface area contributed by atoms with Crippen molar-refractivity contribution < 1.29 is 18.7 Å². The number of likely N-dealkylation sites (tertiary alicyclic amines) is 2. The second kappa shape index (κ2) is 11.9. The largest absolute Gasteiger partial charge is 0.373 e. The van der Waals surface area contributed by atoms with Gasteiger partial charge >= 0.3 is 0 Å². The zero-order valence-corrected chi connectivity index (χ0v) is 25.2. The van der Waals surface area contributed by atoms with Crippen molar-refractivity contribution in [3.63, 3.8) is 0 Å². The summed E-state index contributed by atoms with van der Waals surface area (Å²) in [7, 11) is 1.80. The first-order valence-corrected chi connectivity index (χ1v) is 15.7. The summed E-state index contributed by atoms with van der Waals surface area (Å²) in [6.07, 6.45) is 1.83. The number of nitrogens with zero attached hydrogens (tertiary/aromatic N) is 6. The van der Waals surface area contributed by atoms with Crippen molar-refractivity contribution in [3.05, 3.63) is 69.3 Å². The highest BCUT2D eigenvalue weighted by molar-refractivity contribution is 5.98. The molecule has 0 unspecified atom stereocenters. The summed E-state index contributed by atoms with van der Waals surface area (Å²) in [4.78, 5) is 51.6. The van der Waals surface area contributed by atoms with Gasteiger partial charge in [-0.05, 0) is 48.2 Å². The number of benzene rings is 2. The molecule has 232 valence electrons. The number of hydrogen-bond acceptors (Lipinski definition) is 7. The van der Waals surface area contributed by atoms with Gasteiger partial charge in [0.05, 0.1) is 23.6 Å². The summed E-state index contributed by atoms with van der Waals surface area (Å²) >= 11 is 0. The molecule has 3 saturated heterocycles. The molecule has 4 aliphatic heterocycles. The van der Waals surface area contributed by atoms with Crippen molar-refractivity contribution in [1.29, 1.82) is 0 Å². The molecule has 1 atom stereocenters. The minimum atomic E-state index is -0.732. The maximum absolute atomic E-state index is 14.0. The Bertz CT molecular complexity index is 1650. The van der Waals surface area contributed by atoms with Crippen LogP contribution in [-0.2, 0) is 35.5 Å². The molecule has 0 aliphatic carbocycles. The lowest BCUT2D eigenvalue weighted by molar-refractivity contribution is -0.127. The first kappa shape index (κ1) is 28.9. The maximum Gasteiger partial charge on any atom is 0.261 e. The van der Waals surface area contributed by atoms with Gasteiger partial charge in [-0.15, -0.1) is 0 Å². The fourth-order valence-electron chi connectivity index (χ4n) is 6.97. The normalized spacial score (nSPS) is 21.0. The van der Waals surface area contributed by atoms with Crippen LogP contribution in [0.1, 0.15) is 40.2 Å². The molecule has 1 aromatic heterocycles. The number of rotatable bonds is 9. The average molecular weight is 603 g/mol. The highest BCUT2D eigenvalue weighted by Crippen LogP contribution is 2.25. The molecule has 3 fully saturated rings. The SMILES string of the molecule is CN1Cc2cc(CCn3c(CCN4CCCC4=O)nc4cc(N5CCO[C@H](CN6CC(F)C6)C5)ccc4c3=O)ccc2C1=O. The topological polar surface area (TPSA) is 91.2 Å². The molecule has 7 rings (SSSR count). The number of carbonyl (C=O) groups excluding carboxylic acids is 2. The number of morpholine rings is 1. The molecular weight excluding hydrogens is 563 g/mol. The first-order chi connectivity index (χ1) is 21.3. The van der Waals surface area contributed by atoms with Crippen LogP contribution in [0.4, 0.5) is 10.1 Å².